The molecule has 1 aromatic rings. The molecule has 0 bridgehead atoms. The van der Waals surface area contributed by atoms with E-state index in [1.54, 1.807) is 32.0 Å². The zero-order chi connectivity index (χ0) is 18.0. The predicted molar refractivity (Wildman–Crippen MR) is 90.8 cm³/mol. The number of amides is 1. The largest absolute Gasteiger partial charge is 0.340 e. The van der Waals surface area contributed by atoms with Gasteiger partial charge in [0, 0.05) is 31.8 Å². The lowest BCUT2D eigenvalue weighted by Gasteiger charge is -2.38. The van der Waals surface area contributed by atoms with Gasteiger partial charge in [-0.3, -0.25) is 4.79 Å². The van der Waals surface area contributed by atoms with Gasteiger partial charge in [-0.05, 0) is 24.6 Å². The standard InChI is InChI=1S/C15H22N2O5S2/c1-3-23(19,20)14-10-17(11-14)15(18)7-8-16-24(21,22)13-6-4-5-12(2)9-13/h4-6,9,14,16H,3,7-8,10-11H2,1-2H3. The first-order valence-electron chi connectivity index (χ1n) is 7.71. The summed E-state index contributed by atoms with van der Waals surface area (Å²) in [4.78, 5) is 13.6. The molecule has 1 heterocycles. The van der Waals surface area contributed by atoms with Crippen LogP contribution in [0.4, 0.5) is 0 Å². The molecule has 1 aliphatic heterocycles. The Morgan fingerprint density at radius 3 is 2.50 bits per heavy atom. The number of carbonyl (C=O) groups excluding carboxylic acids is 1. The van der Waals surface area contributed by atoms with E-state index < -0.39 is 25.1 Å². The lowest BCUT2D eigenvalue weighted by Crippen LogP contribution is -2.57. The van der Waals surface area contributed by atoms with Crippen molar-refractivity contribution in [3.63, 3.8) is 0 Å². The molecule has 24 heavy (non-hydrogen) atoms. The van der Waals surface area contributed by atoms with Crippen LogP contribution in [0.5, 0.6) is 0 Å². The van der Waals surface area contributed by atoms with E-state index in [0.717, 1.165) is 5.56 Å². The fourth-order valence-electron chi connectivity index (χ4n) is 2.42. The molecule has 0 spiro atoms. The molecule has 1 N–H and O–H groups in total. The van der Waals surface area contributed by atoms with Crippen LogP contribution >= 0.6 is 0 Å². The molecule has 1 saturated heterocycles. The number of benzene rings is 1. The summed E-state index contributed by atoms with van der Waals surface area (Å²) in [7, 11) is -6.76. The van der Waals surface area contributed by atoms with Crippen LogP contribution in [0.3, 0.4) is 0 Å². The Morgan fingerprint density at radius 1 is 1.25 bits per heavy atom. The SMILES string of the molecule is CCS(=O)(=O)C1CN(C(=O)CCNS(=O)(=O)c2cccc(C)c2)C1. The molecular weight excluding hydrogens is 352 g/mol. The second kappa shape index (κ2) is 7.20. The molecule has 0 saturated carbocycles. The third-order valence-electron chi connectivity index (χ3n) is 4.04. The summed E-state index contributed by atoms with van der Waals surface area (Å²) in [6.07, 6.45) is 0.00391. The predicted octanol–water partition coefficient (Wildman–Crippen LogP) is 0.309. The minimum Gasteiger partial charge on any atom is -0.340 e. The molecule has 0 unspecified atom stereocenters. The van der Waals surface area contributed by atoms with E-state index in [4.69, 9.17) is 0 Å². The van der Waals surface area contributed by atoms with Crippen LogP contribution in [-0.4, -0.2) is 58.3 Å². The Hall–Kier alpha value is -1.45. The second-order valence-corrected chi connectivity index (χ2v) is 10.2. The molecule has 0 aromatic heterocycles. The van der Waals surface area contributed by atoms with Crippen molar-refractivity contribution >= 4 is 25.8 Å². The molecule has 7 nitrogen and oxygen atoms in total. The minimum atomic E-state index is -3.65. The van der Waals surface area contributed by atoms with E-state index in [1.807, 2.05) is 0 Å². The zero-order valence-electron chi connectivity index (χ0n) is 13.7. The maximum absolute atomic E-state index is 12.1. The summed E-state index contributed by atoms with van der Waals surface area (Å²) in [6, 6.07) is 6.50. The van der Waals surface area contributed by atoms with E-state index >= 15 is 0 Å². The van der Waals surface area contributed by atoms with Gasteiger partial charge in [-0.15, -0.1) is 0 Å². The van der Waals surface area contributed by atoms with Crippen LogP contribution in [0.25, 0.3) is 0 Å². The summed E-state index contributed by atoms with van der Waals surface area (Å²) in [6.45, 7) is 3.75. The molecule has 9 heteroatoms. The molecule has 1 aromatic carbocycles. The summed E-state index contributed by atoms with van der Waals surface area (Å²) >= 11 is 0. The first kappa shape index (κ1) is 18.9. The second-order valence-electron chi connectivity index (χ2n) is 5.84. The average molecular weight is 374 g/mol. The first-order chi connectivity index (χ1) is 11.2. The number of likely N-dealkylation sites (tertiary alicyclic amines) is 1. The molecule has 2 rings (SSSR count). The highest BCUT2D eigenvalue weighted by molar-refractivity contribution is 7.92. The summed E-state index contributed by atoms with van der Waals surface area (Å²) in [5, 5.41) is -0.490. The Kier molecular flexibility index (Phi) is 5.67. The van der Waals surface area contributed by atoms with Crippen LogP contribution in [0.1, 0.15) is 18.9 Å². The fourth-order valence-corrected chi connectivity index (χ4v) is 4.84. The van der Waals surface area contributed by atoms with Crippen LogP contribution in [0, 0.1) is 6.92 Å². The normalized spacial score (nSPS) is 16.0. The highest BCUT2D eigenvalue weighted by Crippen LogP contribution is 2.18. The van der Waals surface area contributed by atoms with E-state index in [1.165, 1.54) is 11.0 Å². The van der Waals surface area contributed by atoms with Crippen LogP contribution in [0.2, 0.25) is 0 Å². The van der Waals surface area contributed by atoms with E-state index in [0.29, 0.717) is 0 Å². The molecule has 0 aliphatic carbocycles. The Bertz CT molecular complexity index is 812. The van der Waals surface area contributed by atoms with Gasteiger partial charge in [0.05, 0.1) is 10.1 Å². The number of hydrogen-bond donors (Lipinski definition) is 1. The van der Waals surface area contributed by atoms with Crippen molar-refractivity contribution in [2.75, 3.05) is 25.4 Å². The van der Waals surface area contributed by atoms with E-state index in [-0.39, 0.29) is 42.6 Å². The van der Waals surface area contributed by atoms with Gasteiger partial charge < -0.3 is 4.90 Å². The molecule has 1 aliphatic rings. The number of aryl methyl sites for hydroxylation is 1. The van der Waals surface area contributed by atoms with E-state index in [9.17, 15) is 21.6 Å². The zero-order valence-corrected chi connectivity index (χ0v) is 15.4. The number of carbonyl (C=O) groups is 1. The number of sulfonamides is 1. The quantitative estimate of drug-likeness (QED) is 0.740. The average Bonchev–Trinajstić information content (AvgIpc) is 2.45. The first-order valence-corrected chi connectivity index (χ1v) is 10.9. The third-order valence-corrected chi connectivity index (χ3v) is 7.62. The van der Waals surface area contributed by atoms with Crippen molar-refractivity contribution in [2.45, 2.75) is 30.4 Å². The lowest BCUT2D eigenvalue weighted by atomic mass is 10.2. The fraction of sp³-hybridized carbons (Fsp3) is 0.533. The topological polar surface area (TPSA) is 101 Å². The summed E-state index contributed by atoms with van der Waals surface area (Å²) < 4.78 is 49.9. The van der Waals surface area contributed by atoms with Gasteiger partial charge in [0.15, 0.2) is 9.84 Å². The number of hydrogen-bond acceptors (Lipinski definition) is 5. The van der Waals surface area contributed by atoms with Gasteiger partial charge in [-0.25, -0.2) is 21.6 Å². The maximum Gasteiger partial charge on any atom is 0.240 e. The Balaban J connectivity index is 1.82. The van der Waals surface area contributed by atoms with Crippen molar-refractivity contribution in [3.05, 3.63) is 29.8 Å². The Labute approximate surface area is 143 Å². The van der Waals surface area contributed by atoms with Crippen molar-refractivity contribution < 1.29 is 21.6 Å². The minimum absolute atomic E-state index is 0.00391. The van der Waals surface area contributed by atoms with Crippen LogP contribution in [0.15, 0.2) is 29.2 Å². The van der Waals surface area contributed by atoms with Gasteiger partial charge in [-0.1, -0.05) is 19.1 Å². The monoisotopic (exact) mass is 374 g/mol. The molecule has 0 atom stereocenters. The third kappa shape index (κ3) is 4.34. The lowest BCUT2D eigenvalue weighted by molar-refractivity contribution is -0.134. The number of rotatable bonds is 7. The number of nitrogens with one attached hydrogen (secondary N) is 1. The number of sulfone groups is 1. The molecular formula is C15H22N2O5S2. The highest BCUT2D eigenvalue weighted by atomic mass is 32.2. The highest BCUT2D eigenvalue weighted by Gasteiger charge is 2.38. The van der Waals surface area contributed by atoms with E-state index in [2.05, 4.69) is 4.72 Å². The summed E-state index contributed by atoms with van der Waals surface area (Å²) in [5.41, 5.74) is 0.831. The number of nitrogens with zero attached hydrogens (tertiary/aromatic N) is 1. The van der Waals surface area contributed by atoms with Crippen molar-refractivity contribution in [1.29, 1.82) is 0 Å². The van der Waals surface area contributed by atoms with Crippen LogP contribution < -0.4 is 4.72 Å². The molecule has 134 valence electrons. The van der Waals surface area contributed by atoms with Gasteiger partial charge in [0.25, 0.3) is 0 Å². The van der Waals surface area contributed by atoms with Crippen molar-refractivity contribution in [1.82, 2.24) is 9.62 Å². The molecule has 1 amide bonds. The van der Waals surface area contributed by atoms with Gasteiger partial charge in [0.1, 0.15) is 0 Å². The van der Waals surface area contributed by atoms with Crippen molar-refractivity contribution in [3.8, 4) is 0 Å². The van der Waals surface area contributed by atoms with Gasteiger partial charge in [-0.2, -0.15) is 0 Å². The maximum atomic E-state index is 12.1. The van der Waals surface area contributed by atoms with Crippen LogP contribution in [-0.2, 0) is 24.7 Å². The van der Waals surface area contributed by atoms with Crippen molar-refractivity contribution in [2.24, 2.45) is 0 Å². The molecule has 1 fully saturated rings. The molecule has 0 radical (unpaired) electrons. The summed E-state index contributed by atoms with van der Waals surface area (Å²) in [5.74, 6) is -0.180. The van der Waals surface area contributed by atoms with Gasteiger partial charge in [0.2, 0.25) is 15.9 Å². The van der Waals surface area contributed by atoms with Gasteiger partial charge >= 0.3 is 0 Å². The smallest absolute Gasteiger partial charge is 0.240 e. The Morgan fingerprint density at radius 2 is 1.92 bits per heavy atom.